The lowest BCUT2D eigenvalue weighted by Crippen LogP contribution is -2.47. The minimum Gasteiger partial charge on any atom is -0.336 e. The van der Waals surface area contributed by atoms with E-state index >= 15 is 0 Å². The Bertz CT molecular complexity index is 554. The fourth-order valence-electron chi connectivity index (χ4n) is 2.89. The Balaban J connectivity index is 2.08. The average molecular weight is 317 g/mol. The maximum atomic E-state index is 12.4. The molecule has 0 saturated carbocycles. The zero-order valence-electron chi connectivity index (χ0n) is 14.4. The van der Waals surface area contributed by atoms with E-state index in [1.54, 1.807) is 0 Å². The van der Waals surface area contributed by atoms with Gasteiger partial charge in [0.05, 0.1) is 6.04 Å². The highest BCUT2D eigenvalue weighted by atomic mass is 16.2. The number of rotatable bonds is 6. The van der Waals surface area contributed by atoms with Gasteiger partial charge >= 0.3 is 6.03 Å². The van der Waals surface area contributed by atoms with E-state index in [9.17, 15) is 9.59 Å². The molecular weight excluding hydrogens is 290 g/mol. The van der Waals surface area contributed by atoms with Crippen LogP contribution in [0.25, 0.3) is 0 Å². The Morgan fingerprint density at radius 3 is 2.39 bits per heavy atom. The summed E-state index contributed by atoms with van der Waals surface area (Å²) in [5.74, 6) is 0.168. The van der Waals surface area contributed by atoms with E-state index in [0.29, 0.717) is 19.0 Å². The highest BCUT2D eigenvalue weighted by Crippen LogP contribution is 2.23. The van der Waals surface area contributed by atoms with E-state index in [4.69, 9.17) is 0 Å². The number of nitrogens with one attached hydrogen (secondary N) is 2. The lowest BCUT2D eigenvalue weighted by molar-refractivity contribution is -0.129. The number of amides is 3. The summed E-state index contributed by atoms with van der Waals surface area (Å²) in [6.45, 7) is 9.19. The van der Waals surface area contributed by atoms with Gasteiger partial charge in [-0.25, -0.2) is 4.79 Å². The Morgan fingerprint density at radius 2 is 1.91 bits per heavy atom. The van der Waals surface area contributed by atoms with Crippen molar-refractivity contribution in [2.75, 3.05) is 13.1 Å². The van der Waals surface area contributed by atoms with E-state index in [0.717, 1.165) is 6.42 Å². The van der Waals surface area contributed by atoms with Crippen molar-refractivity contribution in [2.45, 2.75) is 46.2 Å². The molecule has 5 nitrogen and oxygen atoms in total. The normalized spacial score (nSPS) is 17.3. The maximum Gasteiger partial charge on any atom is 0.324 e. The molecule has 1 fully saturated rings. The fraction of sp³-hybridized carbons (Fsp3) is 0.556. The molecule has 1 aliphatic heterocycles. The van der Waals surface area contributed by atoms with Gasteiger partial charge in [0.15, 0.2) is 0 Å². The molecule has 1 aliphatic rings. The summed E-state index contributed by atoms with van der Waals surface area (Å²) in [5, 5.41) is 6.06. The van der Waals surface area contributed by atoms with Crippen LogP contribution in [-0.4, -0.2) is 36.0 Å². The molecule has 1 aromatic carbocycles. The van der Waals surface area contributed by atoms with Gasteiger partial charge in [0.2, 0.25) is 5.91 Å². The van der Waals surface area contributed by atoms with E-state index in [1.165, 1.54) is 16.0 Å². The van der Waals surface area contributed by atoms with Crippen molar-refractivity contribution in [3.8, 4) is 0 Å². The molecule has 2 rings (SSSR count). The van der Waals surface area contributed by atoms with Gasteiger partial charge in [-0.1, -0.05) is 45.0 Å². The van der Waals surface area contributed by atoms with Gasteiger partial charge in [-0.05, 0) is 30.4 Å². The summed E-state index contributed by atoms with van der Waals surface area (Å²) in [4.78, 5) is 25.4. The van der Waals surface area contributed by atoms with E-state index in [-0.39, 0.29) is 18.0 Å². The summed E-state index contributed by atoms with van der Waals surface area (Å²) >= 11 is 0. The third kappa shape index (κ3) is 4.10. The number of hydrogen-bond donors (Lipinski definition) is 2. The second-order valence-corrected chi connectivity index (χ2v) is 6.43. The zero-order valence-corrected chi connectivity index (χ0v) is 14.4. The average Bonchev–Trinajstić information content (AvgIpc) is 2.97. The Morgan fingerprint density at radius 1 is 1.26 bits per heavy atom. The van der Waals surface area contributed by atoms with Crippen molar-refractivity contribution >= 4 is 11.9 Å². The van der Waals surface area contributed by atoms with Crippen LogP contribution in [0, 0.1) is 5.92 Å². The SMILES string of the molecule is CCc1ccc([C@@H](N[C@@H](C)C(=O)N2CCNC2=O)C(C)C)cc1. The number of hydrogen-bond acceptors (Lipinski definition) is 3. The Kier molecular flexibility index (Phi) is 5.77. The summed E-state index contributed by atoms with van der Waals surface area (Å²) in [5.41, 5.74) is 2.47. The first-order valence-corrected chi connectivity index (χ1v) is 8.38. The van der Waals surface area contributed by atoms with E-state index < -0.39 is 6.04 Å². The monoisotopic (exact) mass is 317 g/mol. The molecule has 5 heteroatoms. The number of carbonyl (C=O) groups excluding carboxylic acids is 2. The van der Waals surface area contributed by atoms with Gasteiger partial charge in [-0.15, -0.1) is 0 Å². The largest absolute Gasteiger partial charge is 0.336 e. The number of urea groups is 1. The third-order valence-electron chi connectivity index (χ3n) is 4.34. The van der Waals surface area contributed by atoms with Crippen LogP contribution in [0.4, 0.5) is 4.79 Å². The van der Waals surface area contributed by atoms with Gasteiger partial charge in [0.1, 0.15) is 0 Å². The topological polar surface area (TPSA) is 61.4 Å². The minimum absolute atomic E-state index is 0.0746. The number of nitrogens with zero attached hydrogens (tertiary/aromatic N) is 1. The molecule has 2 N–H and O–H groups in total. The Hall–Kier alpha value is -1.88. The minimum atomic E-state index is -0.405. The van der Waals surface area contributed by atoms with Gasteiger partial charge in [0, 0.05) is 19.1 Å². The highest BCUT2D eigenvalue weighted by molar-refractivity contribution is 5.98. The smallest absolute Gasteiger partial charge is 0.324 e. The molecule has 1 saturated heterocycles. The van der Waals surface area contributed by atoms with Crippen molar-refractivity contribution < 1.29 is 9.59 Å². The van der Waals surface area contributed by atoms with Gasteiger partial charge < -0.3 is 5.32 Å². The Labute approximate surface area is 138 Å². The number of carbonyl (C=O) groups is 2. The quantitative estimate of drug-likeness (QED) is 0.847. The number of imide groups is 1. The first-order valence-electron chi connectivity index (χ1n) is 8.38. The fourth-order valence-corrected chi connectivity index (χ4v) is 2.89. The van der Waals surface area contributed by atoms with Crippen molar-refractivity contribution in [2.24, 2.45) is 5.92 Å². The molecular formula is C18H27N3O2. The maximum absolute atomic E-state index is 12.4. The van der Waals surface area contributed by atoms with Crippen molar-refractivity contribution in [3.63, 3.8) is 0 Å². The molecule has 0 spiro atoms. The van der Waals surface area contributed by atoms with Crippen LogP contribution in [-0.2, 0) is 11.2 Å². The van der Waals surface area contributed by atoms with Crippen LogP contribution < -0.4 is 10.6 Å². The predicted molar refractivity (Wildman–Crippen MR) is 91.1 cm³/mol. The second-order valence-electron chi connectivity index (χ2n) is 6.43. The number of benzene rings is 1. The molecule has 2 atom stereocenters. The second kappa shape index (κ2) is 7.59. The lowest BCUT2D eigenvalue weighted by Gasteiger charge is -2.28. The summed E-state index contributed by atoms with van der Waals surface area (Å²) < 4.78 is 0. The lowest BCUT2D eigenvalue weighted by atomic mass is 9.94. The first-order chi connectivity index (χ1) is 10.9. The molecule has 0 bridgehead atoms. The molecule has 0 aliphatic carbocycles. The molecule has 23 heavy (non-hydrogen) atoms. The number of aryl methyl sites for hydroxylation is 1. The molecule has 3 amide bonds. The zero-order chi connectivity index (χ0) is 17.0. The molecule has 126 valence electrons. The van der Waals surface area contributed by atoms with Gasteiger partial charge in [0.25, 0.3) is 0 Å². The molecule has 0 unspecified atom stereocenters. The van der Waals surface area contributed by atoms with Crippen LogP contribution in [0.5, 0.6) is 0 Å². The van der Waals surface area contributed by atoms with Crippen LogP contribution >= 0.6 is 0 Å². The van der Waals surface area contributed by atoms with Crippen LogP contribution in [0.1, 0.15) is 44.9 Å². The van der Waals surface area contributed by atoms with Crippen molar-refractivity contribution in [1.29, 1.82) is 0 Å². The van der Waals surface area contributed by atoms with Crippen LogP contribution in [0.15, 0.2) is 24.3 Å². The predicted octanol–water partition coefficient (Wildman–Crippen LogP) is 2.48. The van der Waals surface area contributed by atoms with Gasteiger partial charge in [-0.3, -0.25) is 15.0 Å². The van der Waals surface area contributed by atoms with Crippen LogP contribution in [0.2, 0.25) is 0 Å². The molecule has 1 aromatic rings. The van der Waals surface area contributed by atoms with E-state index in [1.807, 2.05) is 6.92 Å². The van der Waals surface area contributed by atoms with Crippen molar-refractivity contribution in [3.05, 3.63) is 35.4 Å². The molecule has 1 heterocycles. The van der Waals surface area contributed by atoms with Crippen molar-refractivity contribution in [1.82, 2.24) is 15.5 Å². The first kappa shape index (κ1) is 17.5. The van der Waals surface area contributed by atoms with Crippen LogP contribution in [0.3, 0.4) is 0 Å². The summed E-state index contributed by atoms with van der Waals surface area (Å²) in [7, 11) is 0. The van der Waals surface area contributed by atoms with Gasteiger partial charge in [-0.2, -0.15) is 0 Å². The summed E-state index contributed by atoms with van der Waals surface area (Å²) in [6, 6.07) is 7.88. The van der Waals surface area contributed by atoms with E-state index in [2.05, 4.69) is 55.7 Å². The molecule has 0 radical (unpaired) electrons. The third-order valence-corrected chi connectivity index (χ3v) is 4.34. The standard InChI is InChI=1S/C18H27N3O2/c1-5-14-6-8-15(9-7-14)16(12(2)3)20-13(4)17(22)21-11-10-19-18(21)23/h6-9,12-13,16,20H,5,10-11H2,1-4H3,(H,19,23)/t13-,16-/m0/s1. The highest BCUT2D eigenvalue weighted by Gasteiger charge is 2.31. The molecule has 0 aromatic heterocycles. The summed E-state index contributed by atoms with van der Waals surface area (Å²) in [6.07, 6.45) is 1.01.